The SMILES string of the molecule is C[S+](C)C1Cc2cccc(c2C#N)C([S+](C)C)Cc2cccc1c2C#N.F[B-](F)(F)F.F[B-](F)(F)F. The predicted molar refractivity (Wildman–Crippen MR) is 134 cm³/mol. The summed E-state index contributed by atoms with van der Waals surface area (Å²) in [5.74, 6) is 0. The van der Waals surface area contributed by atoms with E-state index < -0.39 is 14.5 Å². The molecule has 0 N–H and O–H groups in total. The maximum atomic E-state index is 9.93. The van der Waals surface area contributed by atoms with Gasteiger partial charge in [-0.3, -0.25) is 0 Å². The van der Waals surface area contributed by atoms with E-state index in [-0.39, 0.29) is 32.3 Å². The van der Waals surface area contributed by atoms with Gasteiger partial charge in [-0.1, -0.05) is 36.4 Å². The lowest BCUT2D eigenvalue weighted by atomic mass is 9.87. The third-order valence-corrected chi connectivity index (χ3v) is 8.35. The van der Waals surface area contributed by atoms with Gasteiger partial charge in [0.1, 0.15) is 10.5 Å². The Hall–Kier alpha value is -2.31. The first-order valence-electron chi connectivity index (χ1n) is 10.4. The van der Waals surface area contributed by atoms with Gasteiger partial charge in [0.15, 0.2) is 0 Å². The van der Waals surface area contributed by atoms with Crippen LogP contribution in [0, 0.1) is 22.7 Å². The Balaban J connectivity index is 0.000000550. The van der Waals surface area contributed by atoms with Crippen molar-refractivity contribution in [1.29, 1.82) is 10.5 Å². The molecule has 0 radical (unpaired) electrons. The third-order valence-electron chi connectivity index (χ3n) is 5.23. The molecule has 0 aromatic heterocycles. The molecule has 196 valence electrons. The van der Waals surface area contributed by atoms with Crippen molar-refractivity contribution in [3.8, 4) is 12.1 Å². The fraction of sp³-hybridized carbons (Fsp3) is 0.364. The van der Waals surface area contributed by atoms with Crippen molar-refractivity contribution in [2.45, 2.75) is 23.3 Å². The zero-order chi connectivity index (χ0) is 27.8. The summed E-state index contributed by atoms with van der Waals surface area (Å²) in [5.41, 5.74) is 6.28. The van der Waals surface area contributed by atoms with Crippen molar-refractivity contribution < 1.29 is 34.5 Å². The monoisotopic (exact) mass is 554 g/mol. The van der Waals surface area contributed by atoms with Gasteiger partial charge in [-0.25, -0.2) is 0 Å². The molecular formula is C22H24B2F8N2S2. The lowest BCUT2D eigenvalue weighted by molar-refractivity contribution is 0.366. The Morgan fingerprint density at radius 2 is 0.917 bits per heavy atom. The molecule has 0 fully saturated rings. The number of hydrogen-bond donors (Lipinski definition) is 0. The first-order valence-corrected chi connectivity index (χ1v) is 14.6. The summed E-state index contributed by atoms with van der Waals surface area (Å²) in [6.07, 6.45) is 10.6. The van der Waals surface area contributed by atoms with Gasteiger partial charge in [-0.05, 0) is 32.9 Å². The highest BCUT2D eigenvalue weighted by molar-refractivity contribution is 7.96. The van der Waals surface area contributed by atoms with E-state index in [0.29, 0.717) is 0 Å². The van der Waals surface area contributed by atoms with Gasteiger partial charge in [0.2, 0.25) is 0 Å². The van der Waals surface area contributed by atoms with Crippen LogP contribution in [0.5, 0.6) is 0 Å². The van der Waals surface area contributed by atoms with Crippen molar-refractivity contribution >= 4 is 36.3 Å². The van der Waals surface area contributed by atoms with Crippen molar-refractivity contribution in [3.63, 3.8) is 0 Å². The van der Waals surface area contributed by atoms with E-state index in [1.165, 1.54) is 0 Å². The summed E-state index contributed by atoms with van der Waals surface area (Å²) in [7, 11) is -11.8. The van der Waals surface area contributed by atoms with Crippen LogP contribution in [-0.4, -0.2) is 39.5 Å². The molecule has 2 nitrogen and oxygen atoms in total. The summed E-state index contributed by atoms with van der Waals surface area (Å²) < 4.78 is 78.0. The number of fused-ring (bicyclic) bond motifs is 4. The maximum Gasteiger partial charge on any atom is 0.673 e. The Morgan fingerprint density at radius 1 is 0.639 bits per heavy atom. The van der Waals surface area contributed by atoms with Gasteiger partial charge >= 0.3 is 14.5 Å². The molecule has 0 aliphatic heterocycles. The molecule has 4 bridgehead atoms. The van der Waals surface area contributed by atoms with E-state index >= 15 is 0 Å². The highest BCUT2D eigenvalue weighted by Gasteiger charge is 2.35. The zero-order valence-corrected chi connectivity index (χ0v) is 21.6. The first kappa shape index (κ1) is 31.7. The molecule has 0 amide bonds. The molecule has 0 saturated carbocycles. The summed E-state index contributed by atoms with van der Waals surface area (Å²) in [6.45, 7) is 0. The van der Waals surface area contributed by atoms with Gasteiger partial charge in [-0.2, -0.15) is 10.5 Å². The van der Waals surface area contributed by atoms with E-state index in [1.54, 1.807) is 0 Å². The predicted octanol–water partition coefficient (Wildman–Crippen LogP) is 6.67. The lowest BCUT2D eigenvalue weighted by Gasteiger charge is -2.23. The minimum Gasteiger partial charge on any atom is -0.418 e. The van der Waals surface area contributed by atoms with Crippen molar-refractivity contribution in [3.05, 3.63) is 69.8 Å². The van der Waals surface area contributed by atoms with E-state index in [1.807, 2.05) is 0 Å². The smallest absolute Gasteiger partial charge is 0.418 e. The molecule has 0 spiro atoms. The zero-order valence-electron chi connectivity index (χ0n) is 19.9. The molecule has 2 atom stereocenters. The van der Waals surface area contributed by atoms with Gasteiger partial charge in [0.25, 0.3) is 0 Å². The number of nitriles is 2. The minimum absolute atomic E-state index is 0.106. The average molecular weight is 554 g/mol. The molecular weight excluding hydrogens is 530 g/mol. The second-order valence-electron chi connectivity index (χ2n) is 8.12. The van der Waals surface area contributed by atoms with Crippen LogP contribution in [0.15, 0.2) is 36.4 Å². The standard InChI is InChI=1S/C22H24N2S2.2BF4/c1-25(2)21-11-15-7-6-10-18(20(15)14-24)22(26(3)4)12-16-8-5-9-17(21)19(16)13-23;2*2-1(3,4)5/h5-10,21-22H,11-12H2,1-4H3;;/q+2;2*-1. The molecule has 2 aromatic carbocycles. The minimum atomic E-state index is -6.00. The maximum absolute atomic E-state index is 9.93. The van der Waals surface area contributed by atoms with Gasteiger partial charge in [0, 0.05) is 24.0 Å². The Kier molecular flexibility index (Phi) is 11.7. The van der Waals surface area contributed by atoms with Crippen LogP contribution in [0.2, 0.25) is 0 Å². The summed E-state index contributed by atoms with van der Waals surface area (Å²) in [4.78, 5) is 0. The lowest BCUT2D eigenvalue weighted by Crippen LogP contribution is -2.21. The third kappa shape index (κ3) is 10.4. The van der Waals surface area contributed by atoms with Crippen LogP contribution in [0.3, 0.4) is 0 Å². The second kappa shape index (κ2) is 13.3. The van der Waals surface area contributed by atoms with Crippen LogP contribution >= 0.6 is 0 Å². The fourth-order valence-corrected chi connectivity index (χ4v) is 6.28. The van der Waals surface area contributed by atoms with Crippen LogP contribution < -0.4 is 0 Å². The van der Waals surface area contributed by atoms with E-state index in [2.05, 4.69) is 73.6 Å². The quantitative estimate of drug-likeness (QED) is 0.237. The van der Waals surface area contributed by atoms with Crippen molar-refractivity contribution in [2.75, 3.05) is 25.0 Å². The number of nitrogens with zero attached hydrogens (tertiary/aromatic N) is 2. The second-order valence-corrected chi connectivity index (χ2v) is 12.8. The summed E-state index contributed by atoms with van der Waals surface area (Å²) in [6, 6.07) is 17.6. The van der Waals surface area contributed by atoms with E-state index in [0.717, 1.165) is 46.2 Å². The normalized spacial score (nSPS) is 17.1. The Bertz CT molecular complexity index is 1010. The van der Waals surface area contributed by atoms with Crippen LogP contribution in [0.25, 0.3) is 0 Å². The van der Waals surface area contributed by atoms with Crippen LogP contribution in [-0.2, 0) is 34.6 Å². The molecule has 0 heterocycles. The largest absolute Gasteiger partial charge is 0.673 e. The molecule has 36 heavy (non-hydrogen) atoms. The van der Waals surface area contributed by atoms with Crippen molar-refractivity contribution in [1.82, 2.24) is 0 Å². The molecule has 2 aromatic rings. The topological polar surface area (TPSA) is 47.6 Å². The van der Waals surface area contributed by atoms with Gasteiger partial charge in [0.05, 0.1) is 48.3 Å². The van der Waals surface area contributed by atoms with E-state index in [4.69, 9.17) is 0 Å². The average Bonchev–Trinajstić information content (AvgIpc) is 2.72. The number of hydrogen-bond acceptors (Lipinski definition) is 2. The number of rotatable bonds is 2. The molecule has 2 unspecified atom stereocenters. The summed E-state index contributed by atoms with van der Waals surface area (Å²) in [5, 5.41) is 20.4. The van der Waals surface area contributed by atoms with Gasteiger partial charge in [-0.15, -0.1) is 0 Å². The van der Waals surface area contributed by atoms with Gasteiger partial charge < -0.3 is 34.5 Å². The number of halogens is 8. The Labute approximate surface area is 211 Å². The number of benzene rings is 2. The fourth-order valence-electron chi connectivity index (χ4n) is 3.85. The van der Waals surface area contributed by atoms with Crippen molar-refractivity contribution in [2.24, 2.45) is 0 Å². The molecule has 0 saturated heterocycles. The molecule has 1 aliphatic rings. The highest BCUT2D eigenvalue weighted by atomic mass is 32.2. The van der Waals surface area contributed by atoms with E-state index in [9.17, 15) is 45.0 Å². The molecule has 1 aliphatic carbocycles. The highest BCUT2D eigenvalue weighted by Crippen LogP contribution is 2.38. The van der Waals surface area contributed by atoms with Crippen LogP contribution in [0.1, 0.15) is 43.9 Å². The Morgan fingerprint density at radius 3 is 1.14 bits per heavy atom. The van der Waals surface area contributed by atoms with Crippen LogP contribution in [0.4, 0.5) is 34.5 Å². The summed E-state index contributed by atoms with van der Waals surface area (Å²) >= 11 is 0. The molecule has 3 rings (SSSR count). The molecule has 14 heteroatoms. The first-order chi connectivity index (χ1) is 16.5.